The molecule has 0 radical (unpaired) electrons. The van der Waals surface area contributed by atoms with Gasteiger partial charge in [-0.25, -0.2) is 4.98 Å². The highest BCUT2D eigenvalue weighted by Crippen LogP contribution is 2.24. The number of hydrogen-bond donors (Lipinski definition) is 1. The maximum absolute atomic E-state index is 13.0. The first-order chi connectivity index (χ1) is 13.7. The van der Waals surface area contributed by atoms with Crippen LogP contribution >= 0.6 is 0 Å². The van der Waals surface area contributed by atoms with Crippen LogP contribution in [0.1, 0.15) is 64.5 Å². The standard InChI is InChI=1S/C21H23N5O2/c22-14-15-8-2-3-9-16(15)23-20(27)18-17-10-4-7-13-26(17)19(24-18)21(28)25-11-5-1-6-12-25/h2-3,8-9H,1,4-7,10-13H2,(H,23,27). The number of piperidine rings is 1. The van der Waals surface area contributed by atoms with Crippen LogP contribution in [0.25, 0.3) is 0 Å². The van der Waals surface area contributed by atoms with E-state index < -0.39 is 0 Å². The molecule has 1 aromatic carbocycles. The third kappa shape index (κ3) is 3.38. The molecular weight excluding hydrogens is 354 g/mol. The van der Waals surface area contributed by atoms with Gasteiger partial charge in [0.1, 0.15) is 6.07 Å². The van der Waals surface area contributed by atoms with Crippen LogP contribution in [-0.4, -0.2) is 39.4 Å². The van der Waals surface area contributed by atoms with Crippen molar-refractivity contribution in [3.63, 3.8) is 0 Å². The van der Waals surface area contributed by atoms with Gasteiger partial charge >= 0.3 is 0 Å². The van der Waals surface area contributed by atoms with Gasteiger partial charge in [0.2, 0.25) is 0 Å². The second-order valence-corrected chi connectivity index (χ2v) is 7.30. The highest BCUT2D eigenvalue weighted by molar-refractivity contribution is 6.05. The molecule has 28 heavy (non-hydrogen) atoms. The van der Waals surface area contributed by atoms with E-state index in [9.17, 15) is 14.9 Å². The Morgan fingerprint density at radius 2 is 1.79 bits per heavy atom. The molecular formula is C21H23N5O2. The van der Waals surface area contributed by atoms with Crippen molar-refractivity contribution in [2.45, 2.75) is 45.1 Å². The van der Waals surface area contributed by atoms with Gasteiger partial charge in [0.05, 0.1) is 16.9 Å². The molecule has 0 spiro atoms. The average molecular weight is 377 g/mol. The van der Waals surface area contributed by atoms with Gasteiger partial charge in [0.15, 0.2) is 11.5 Å². The zero-order valence-corrected chi connectivity index (χ0v) is 15.8. The Kier molecular flexibility index (Phi) is 5.11. The van der Waals surface area contributed by atoms with E-state index in [2.05, 4.69) is 16.4 Å². The molecule has 7 nitrogen and oxygen atoms in total. The number of nitrogens with zero attached hydrogens (tertiary/aromatic N) is 4. The number of carbonyl (C=O) groups is 2. The molecule has 4 rings (SSSR count). The number of aromatic nitrogens is 2. The van der Waals surface area contributed by atoms with Crippen LogP contribution in [0.5, 0.6) is 0 Å². The summed E-state index contributed by atoms with van der Waals surface area (Å²) in [7, 11) is 0. The van der Waals surface area contributed by atoms with Gasteiger partial charge in [-0.15, -0.1) is 0 Å². The van der Waals surface area contributed by atoms with Crippen LogP contribution in [0.3, 0.4) is 0 Å². The summed E-state index contributed by atoms with van der Waals surface area (Å²) in [6, 6.07) is 8.95. The molecule has 144 valence electrons. The first kappa shape index (κ1) is 18.2. The number of nitriles is 1. The fourth-order valence-electron chi connectivity index (χ4n) is 4.00. The smallest absolute Gasteiger partial charge is 0.289 e. The minimum atomic E-state index is -0.369. The Hall–Kier alpha value is -3.14. The molecule has 0 saturated carbocycles. The highest BCUT2D eigenvalue weighted by atomic mass is 16.2. The second-order valence-electron chi connectivity index (χ2n) is 7.30. The number of benzene rings is 1. The lowest BCUT2D eigenvalue weighted by atomic mass is 10.1. The maximum atomic E-state index is 13.0. The summed E-state index contributed by atoms with van der Waals surface area (Å²) in [4.78, 5) is 32.3. The first-order valence-electron chi connectivity index (χ1n) is 9.88. The highest BCUT2D eigenvalue weighted by Gasteiger charge is 2.30. The molecule has 2 amide bonds. The topological polar surface area (TPSA) is 91.0 Å². The average Bonchev–Trinajstić information content (AvgIpc) is 3.14. The number of fused-ring (bicyclic) bond motifs is 1. The van der Waals surface area contributed by atoms with Crippen LogP contribution in [0.15, 0.2) is 24.3 Å². The Morgan fingerprint density at radius 1 is 1.04 bits per heavy atom. The Bertz CT molecular complexity index is 950. The number of amides is 2. The molecule has 2 aliphatic rings. The van der Waals surface area contributed by atoms with Gasteiger partial charge in [-0.3, -0.25) is 9.59 Å². The van der Waals surface area contributed by atoms with Crippen molar-refractivity contribution >= 4 is 17.5 Å². The molecule has 0 unspecified atom stereocenters. The minimum Gasteiger partial charge on any atom is -0.336 e. The van der Waals surface area contributed by atoms with E-state index in [4.69, 9.17) is 0 Å². The first-order valence-corrected chi connectivity index (χ1v) is 9.88. The van der Waals surface area contributed by atoms with Gasteiger partial charge in [0, 0.05) is 19.6 Å². The zero-order valence-electron chi connectivity index (χ0n) is 15.8. The van der Waals surface area contributed by atoms with Crippen molar-refractivity contribution in [3.05, 3.63) is 47.0 Å². The molecule has 0 atom stereocenters. The van der Waals surface area contributed by atoms with Gasteiger partial charge in [0.25, 0.3) is 11.8 Å². The molecule has 1 saturated heterocycles. The molecule has 0 bridgehead atoms. The van der Waals surface area contributed by atoms with Crippen molar-refractivity contribution < 1.29 is 9.59 Å². The molecule has 1 fully saturated rings. The number of para-hydroxylation sites is 1. The summed E-state index contributed by atoms with van der Waals surface area (Å²) in [6.45, 7) is 2.20. The molecule has 2 aliphatic heterocycles. The summed E-state index contributed by atoms with van der Waals surface area (Å²) < 4.78 is 1.92. The van der Waals surface area contributed by atoms with Crippen molar-refractivity contribution in [1.29, 1.82) is 5.26 Å². The molecule has 0 aliphatic carbocycles. The zero-order chi connectivity index (χ0) is 19.5. The van der Waals surface area contributed by atoms with Crippen molar-refractivity contribution in [1.82, 2.24) is 14.5 Å². The van der Waals surface area contributed by atoms with Crippen LogP contribution in [0.4, 0.5) is 5.69 Å². The Morgan fingerprint density at radius 3 is 2.57 bits per heavy atom. The predicted molar refractivity (Wildman–Crippen MR) is 104 cm³/mol. The summed E-state index contributed by atoms with van der Waals surface area (Å²) in [5.74, 6) is -0.0827. The SMILES string of the molecule is N#Cc1ccccc1NC(=O)c1nc(C(=O)N2CCCCC2)n2c1CCCC2. The van der Waals surface area contributed by atoms with E-state index in [0.717, 1.165) is 57.3 Å². The van der Waals surface area contributed by atoms with E-state index >= 15 is 0 Å². The fourth-order valence-corrected chi connectivity index (χ4v) is 4.00. The number of anilines is 1. The van der Waals surface area contributed by atoms with Gasteiger partial charge in [-0.1, -0.05) is 12.1 Å². The molecule has 7 heteroatoms. The third-order valence-electron chi connectivity index (χ3n) is 5.46. The summed E-state index contributed by atoms with van der Waals surface area (Å²) in [6.07, 6.45) is 5.84. The van der Waals surface area contributed by atoms with Crippen molar-refractivity contribution in [2.24, 2.45) is 0 Å². The van der Waals surface area contributed by atoms with Gasteiger partial charge in [-0.2, -0.15) is 5.26 Å². The maximum Gasteiger partial charge on any atom is 0.289 e. The van der Waals surface area contributed by atoms with Gasteiger partial charge < -0.3 is 14.8 Å². The van der Waals surface area contributed by atoms with E-state index in [-0.39, 0.29) is 11.8 Å². The largest absolute Gasteiger partial charge is 0.336 e. The van der Waals surface area contributed by atoms with Crippen LogP contribution in [0, 0.1) is 11.3 Å². The van der Waals surface area contributed by atoms with E-state index in [0.29, 0.717) is 29.3 Å². The number of hydrogen-bond acceptors (Lipinski definition) is 4. The lowest BCUT2D eigenvalue weighted by Crippen LogP contribution is -2.37. The second kappa shape index (κ2) is 7.85. The molecule has 3 heterocycles. The lowest BCUT2D eigenvalue weighted by molar-refractivity contribution is 0.0705. The monoisotopic (exact) mass is 377 g/mol. The summed E-state index contributed by atoms with van der Waals surface area (Å²) >= 11 is 0. The van der Waals surface area contributed by atoms with E-state index in [1.165, 1.54) is 0 Å². The van der Waals surface area contributed by atoms with Crippen molar-refractivity contribution in [3.8, 4) is 6.07 Å². The minimum absolute atomic E-state index is 0.0840. The summed E-state index contributed by atoms with van der Waals surface area (Å²) in [5, 5.41) is 12.0. The van der Waals surface area contributed by atoms with Gasteiger partial charge in [-0.05, 0) is 50.7 Å². The van der Waals surface area contributed by atoms with E-state index in [1.54, 1.807) is 24.3 Å². The fraction of sp³-hybridized carbons (Fsp3) is 0.429. The Balaban J connectivity index is 1.65. The van der Waals surface area contributed by atoms with Crippen LogP contribution in [0.2, 0.25) is 0 Å². The number of nitrogens with one attached hydrogen (secondary N) is 1. The van der Waals surface area contributed by atoms with Crippen LogP contribution in [-0.2, 0) is 13.0 Å². The normalized spacial score (nSPS) is 16.2. The number of likely N-dealkylation sites (tertiary alicyclic amines) is 1. The van der Waals surface area contributed by atoms with Crippen LogP contribution < -0.4 is 5.32 Å². The quantitative estimate of drug-likeness (QED) is 0.890. The third-order valence-corrected chi connectivity index (χ3v) is 5.46. The molecule has 2 aromatic rings. The van der Waals surface area contributed by atoms with Crippen molar-refractivity contribution in [2.75, 3.05) is 18.4 Å². The molecule has 1 N–H and O–H groups in total. The lowest BCUT2D eigenvalue weighted by Gasteiger charge is -2.27. The van der Waals surface area contributed by atoms with E-state index in [1.807, 2.05) is 9.47 Å². The number of rotatable bonds is 3. The number of carbonyl (C=O) groups excluding carboxylic acids is 2. The molecule has 1 aromatic heterocycles. The summed E-state index contributed by atoms with van der Waals surface area (Å²) in [5.41, 5.74) is 1.97. The Labute approximate surface area is 164 Å². The number of imidazole rings is 1. The predicted octanol–water partition coefficient (Wildman–Crippen LogP) is 2.97.